The molecule has 2 aromatic rings. The number of nitrogens with zero attached hydrogens (tertiary/aromatic N) is 2. The van der Waals surface area contributed by atoms with Gasteiger partial charge in [-0.2, -0.15) is 5.10 Å². The van der Waals surface area contributed by atoms with E-state index in [0.29, 0.717) is 41.8 Å². The number of nitrogens with one attached hydrogen (secondary N) is 1. The predicted molar refractivity (Wildman–Crippen MR) is 95.6 cm³/mol. The molecule has 27 heavy (non-hydrogen) atoms. The Bertz CT molecular complexity index is 872. The van der Waals surface area contributed by atoms with Crippen LogP contribution in [0.3, 0.4) is 0 Å². The van der Waals surface area contributed by atoms with Crippen LogP contribution in [0.2, 0.25) is 0 Å². The molecule has 0 saturated heterocycles. The zero-order valence-electron chi connectivity index (χ0n) is 15.6. The molecule has 1 amide bonds. The lowest BCUT2D eigenvalue weighted by Gasteiger charge is -2.21. The Labute approximate surface area is 156 Å². The van der Waals surface area contributed by atoms with Gasteiger partial charge in [0.05, 0.1) is 29.7 Å². The summed E-state index contributed by atoms with van der Waals surface area (Å²) in [5, 5.41) is 6.93. The second-order valence-electron chi connectivity index (χ2n) is 6.00. The number of carbonyl (C=O) groups excluding carboxylic acids is 2. The number of aromatic nitrogens is 2. The van der Waals surface area contributed by atoms with Gasteiger partial charge in [0.2, 0.25) is 5.75 Å². The van der Waals surface area contributed by atoms with Crippen molar-refractivity contribution >= 4 is 17.6 Å². The predicted octanol–water partition coefficient (Wildman–Crippen LogP) is 1.61. The zero-order valence-corrected chi connectivity index (χ0v) is 15.6. The van der Waals surface area contributed by atoms with Crippen LogP contribution < -0.4 is 19.5 Å². The summed E-state index contributed by atoms with van der Waals surface area (Å²) in [6, 6.07) is 3.00. The van der Waals surface area contributed by atoms with Crippen LogP contribution in [0.25, 0.3) is 0 Å². The normalized spacial score (nSPS) is 12.4. The van der Waals surface area contributed by atoms with Crippen molar-refractivity contribution in [3.05, 3.63) is 29.1 Å². The lowest BCUT2D eigenvalue weighted by Crippen LogP contribution is -2.22. The zero-order chi connectivity index (χ0) is 19.6. The van der Waals surface area contributed by atoms with Crippen molar-refractivity contribution in [3.8, 4) is 17.2 Å². The first kappa shape index (κ1) is 18.6. The van der Waals surface area contributed by atoms with Gasteiger partial charge in [-0.3, -0.25) is 9.48 Å². The van der Waals surface area contributed by atoms with Gasteiger partial charge in [-0.15, -0.1) is 0 Å². The molecule has 1 aromatic carbocycles. The molecule has 0 bridgehead atoms. The van der Waals surface area contributed by atoms with Gasteiger partial charge in [0.15, 0.2) is 18.1 Å². The Morgan fingerprint density at radius 2 is 2.00 bits per heavy atom. The molecule has 0 saturated carbocycles. The van der Waals surface area contributed by atoms with Gasteiger partial charge in [-0.25, -0.2) is 4.79 Å². The van der Waals surface area contributed by atoms with Gasteiger partial charge in [-0.1, -0.05) is 0 Å². The van der Waals surface area contributed by atoms with Crippen LogP contribution >= 0.6 is 0 Å². The van der Waals surface area contributed by atoms with Crippen LogP contribution in [-0.2, 0) is 16.6 Å². The highest BCUT2D eigenvalue weighted by Gasteiger charge is 2.22. The maximum Gasteiger partial charge on any atom is 0.338 e. The van der Waals surface area contributed by atoms with Gasteiger partial charge in [0.1, 0.15) is 13.2 Å². The molecule has 1 aliphatic rings. The molecule has 0 fully saturated rings. The van der Waals surface area contributed by atoms with Crippen LogP contribution in [0.4, 0.5) is 5.69 Å². The fourth-order valence-corrected chi connectivity index (χ4v) is 2.74. The van der Waals surface area contributed by atoms with E-state index in [2.05, 4.69) is 10.4 Å². The van der Waals surface area contributed by atoms with Gasteiger partial charge >= 0.3 is 5.97 Å². The Morgan fingerprint density at radius 1 is 1.26 bits per heavy atom. The Kier molecular flexibility index (Phi) is 5.20. The number of rotatable bonds is 5. The summed E-state index contributed by atoms with van der Waals surface area (Å²) in [7, 11) is 3.25. The standard InChI is InChI=1S/C18H21N3O6/c1-10-16(11(2)21(3)20-10)19-15(22)9-27-18(23)12-7-13(24-4)17-14(8-12)25-5-6-26-17/h7-8H,5-6,9H2,1-4H3,(H,19,22). The summed E-state index contributed by atoms with van der Waals surface area (Å²) < 4.78 is 23.0. The molecule has 1 aromatic heterocycles. The van der Waals surface area contributed by atoms with Crippen molar-refractivity contribution in [1.82, 2.24) is 9.78 Å². The van der Waals surface area contributed by atoms with Crippen molar-refractivity contribution in [1.29, 1.82) is 0 Å². The van der Waals surface area contributed by atoms with Crippen LogP contribution in [0.5, 0.6) is 17.2 Å². The largest absolute Gasteiger partial charge is 0.493 e. The molecule has 0 atom stereocenters. The van der Waals surface area contributed by atoms with Crippen molar-refractivity contribution < 1.29 is 28.5 Å². The topological polar surface area (TPSA) is 101 Å². The lowest BCUT2D eigenvalue weighted by molar-refractivity contribution is -0.119. The summed E-state index contributed by atoms with van der Waals surface area (Å²) >= 11 is 0. The highest BCUT2D eigenvalue weighted by atomic mass is 16.6. The number of anilines is 1. The summed E-state index contributed by atoms with van der Waals surface area (Å²) in [6.07, 6.45) is 0. The third-order valence-corrected chi connectivity index (χ3v) is 4.17. The van der Waals surface area contributed by atoms with Gasteiger partial charge in [-0.05, 0) is 26.0 Å². The van der Waals surface area contributed by atoms with Crippen molar-refractivity contribution in [2.75, 3.05) is 32.2 Å². The Hall–Kier alpha value is -3.23. The van der Waals surface area contributed by atoms with E-state index in [0.717, 1.165) is 5.69 Å². The second-order valence-corrected chi connectivity index (χ2v) is 6.00. The number of ether oxygens (including phenoxy) is 4. The van der Waals surface area contributed by atoms with E-state index in [1.165, 1.54) is 19.2 Å². The third kappa shape index (κ3) is 3.81. The Balaban J connectivity index is 1.66. The van der Waals surface area contributed by atoms with E-state index >= 15 is 0 Å². The minimum Gasteiger partial charge on any atom is -0.493 e. The van der Waals surface area contributed by atoms with E-state index in [1.807, 2.05) is 6.92 Å². The first-order valence-corrected chi connectivity index (χ1v) is 8.35. The summed E-state index contributed by atoms with van der Waals surface area (Å²) in [5.41, 5.74) is 2.31. The van der Waals surface area contributed by atoms with E-state index in [9.17, 15) is 9.59 Å². The second kappa shape index (κ2) is 7.56. The van der Waals surface area contributed by atoms with Gasteiger partial charge < -0.3 is 24.3 Å². The lowest BCUT2D eigenvalue weighted by atomic mass is 10.1. The number of methoxy groups -OCH3 is 1. The van der Waals surface area contributed by atoms with Gasteiger partial charge in [0, 0.05) is 7.05 Å². The summed E-state index contributed by atoms with van der Waals surface area (Å²) in [4.78, 5) is 24.4. The number of aryl methyl sites for hydroxylation is 2. The summed E-state index contributed by atoms with van der Waals surface area (Å²) in [5.74, 6) is 0.0940. The maximum atomic E-state index is 12.3. The maximum absolute atomic E-state index is 12.3. The average Bonchev–Trinajstić information content (AvgIpc) is 2.91. The molecule has 144 valence electrons. The number of fused-ring (bicyclic) bond motifs is 1. The van der Waals surface area contributed by atoms with E-state index in [1.54, 1.807) is 18.7 Å². The molecule has 0 spiro atoms. The van der Waals surface area contributed by atoms with E-state index < -0.39 is 18.5 Å². The number of amides is 1. The van der Waals surface area contributed by atoms with E-state index in [-0.39, 0.29) is 5.56 Å². The molecule has 1 N–H and O–H groups in total. The third-order valence-electron chi connectivity index (χ3n) is 4.17. The monoisotopic (exact) mass is 375 g/mol. The quantitative estimate of drug-likeness (QED) is 0.792. The molecule has 0 unspecified atom stereocenters. The van der Waals surface area contributed by atoms with Crippen LogP contribution in [0.15, 0.2) is 12.1 Å². The number of hydrogen-bond donors (Lipinski definition) is 1. The molecular formula is C18H21N3O6. The smallest absolute Gasteiger partial charge is 0.338 e. The highest BCUT2D eigenvalue weighted by Crippen LogP contribution is 2.40. The fraction of sp³-hybridized carbons (Fsp3) is 0.389. The molecule has 0 aliphatic carbocycles. The van der Waals surface area contributed by atoms with Crippen molar-refractivity contribution in [3.63, 3.8) is 0 Å². The summed E-state index contributed by atoms with van der Waals surface area (Å²) in [6.45, 7) is 3.98. The molecule has 0 radical (unpaired) electrons. The van der Waals surface area contributed by atoms with Crippen LogP contribution in [-0.4, -0.2) is 48.6 Å². The minimum atomic E-state index is -0.667. The van der Waals surface area contributed by atoms with Crippen molar-refractivity contribution in [2.24, 2.45) is 7.05 Å². The fourth-order valence-electron chi connectivity index (χ4n) is 2.74. The van der Waals surface area contributed by atoms with E-state index in [4.69, 9.17) is 18.9 Å². The molecule has 2 heterocycles. The number of hydrogen-bond acceptors (Lipinski definition) is 7. The Morgan fingerprint density at radius 3 is 2.67 bits per heavy atom. The SMILES string of the molecule is COc1cc(C(=O)OCC(=O)Nc2c(C)nn(C)c2C)cc2c1OCCO2. The highest BCUT2D eigenvalue weighted by molar-refractivity contribution is 5.96. The average molecular weight is 375 g/mol. The van der Waals surface area contributed by atoms with Gasteiger partial charge in [0.25, 0.3) is 5.91 Å². The van der Waals surface area contributed by atoms with Crippen molar-refractivity contribution in [2.45, 2.75) is 13.8 Å². The molecular weight excluding hydrogens is 354 g/mol. The first-order valence-electron chi connectivity index (χ1n) is 8.35. The molecule has 3 rings (SSSR count). The number of benzene rings is 1. The number of esters is 1. The minimum absolute atomic E-state index is 0.206. The molecule has 9 heteroatoms. The van der Waals surface area contributed by atoms with Crippen LogP contribution in [0.1, 0.15) is 21.7 Å². The molecule has 1 aliphatic heterocycles. The number of carbonyl (C=O) groups is 2. The molecule has 9 nitrogen and oxygen atoms in total. The van der Waals surface area contributed by atoms with Crippen LogP contribution in [0, 0.1) is 13.8 Å². The first-order chi connectivity index (χ1) is 12.9.